The van der Waals surface area contributed by atoms with Crippen LogP contribution in [0.5, 0.6) is 0 Å². The zero-order chi connectivity index (χ0) is 25.2. The van der Waals surface area contributed by atoms with Crippen LogP contribution in [0.25, 0.3) is 0 Å². The van der Waals surface area contributed by atoms with Crippen molar-refractivity contribution in [1.82, 2.24) is 0 Å². The molecule has 0 bridgehead atoms. The predicted molar refractivity (Wildman–Crippen MR) is 136 cm³/mol. The Morgan fingerprint density at radius 3 is 2.26 bits per heavy atom. The summed E-state index contributed by atoms with van der Waals surface area (Å²) in [6.07, 6.45) is 2.38. The van der Waals surface area contributed by atoms with E-state index in [-0.39, 0.29) is 22.2 Å². The van der Waals surface area contributed by atoms with E-state index in [1.807, 2.05) is 19.1 Å². The van der Waals surface area contributed by atoms with Crippen molar-refractivity contribution >= 4 is 38.7 Å². The lowest BCUT2D eigenvalue weighted by Crippen LogP contribution is -2.18. The van der Waals surface area contributed by atoms with Gasteiger partial charge in [0.15, 0.2) is 0 Å². The van der Waals surface area contributed by atoms with Crippen molar-refractivity contribution in [3.05, 3.63) is 87.5 Å². The standard InChI is InChI=1S/C25H26N4O5S/c1-17-5-11-22(16-24(17)29(31)32)35(33,34)27-20-8-6-19(7-9-20)25(30)26-23-12-10-21(15-18(23)2)28-13-3-4-14-28/h5-12,15-16,27H,3-4,13-14H2,1-2H3,(H,26,30). The molecule has 0 atom stereocenters. The molecule has 35 heavy (non-hydrogen) atoms. The average molecular weight is 495 g/mol. The van der Waals surface area contributed by atoms with Crippen LogP contribution in [0.15, 0.2) is 65.6 Å². The average Bonchev–Trinajstić information content (AvgIpc) is 3.35. The van der Waals surface area contributed by atoms with Gasteiger partial charge in [-0.1, -0.05) is 6.07 Å². The second-order valence-corrected chi connectivity index (χ2v) is 10.2. The first-order valence-corrected chi connectivity index (χ1v) is 12.7. The number of benzene rings is 3. The summed E-state index contributed by atoms with van der Waals surface area (Å²) in [4.78, 5) is 25.4. The van der Waals surface area contributed by atoms with E-state index in [4.69, 9.17) is 0 Å². The zero-order valence-corrected chi connectivity index (χ0v) is 20.3. The minimum absolute atomic E-state index is 0.218. The predicted octanol–water partition coefficient (Wildman–Crippen LogP) is 4.86. The Bertz CT molecular complexity index is 1380. The van der Waals surface area contributed by atoms with Gasteiger partial charge in [0.05, 0.1) is 9.82 Å². The Morgan fingerprint density at radius 2 is 1.63 bits per heavy atom. The summed E-state index contributed by atoms with van der Waals surface area (Å²) in [5, 5.41) is 14.0. The number of rotatable bonds is 7. The van der Waals surface area contributed by atoms with Gasteiger partial charge in [-0.3, -0.25) is 19.6 Å². The molecule has 3 aromatic rings. The van der Waals surface area contributed by atoms with E-state index in [1.165, 1.54) is 56.2 Å². The third kappa shape index (κ3) is 5.43. The summed E-state index contributed by atoms with van der Waals surface area (Å²) in [5.74, 6) is -0.314. The van der Waals surface area contributed by atoms with Crippen molar-refractivity contribution in [2.24, 2.45) is 0 Å². The monoisotopic (exact) mass is 494 g/mol. The fourth-order valence-electron chi connectivity index (χ4n) is 4.01. The minimum Gasteiger partial charge on any atom is -0.372 e. The summed E-state index contributed by atoms with van der Waals surface area (Å²) >= 11 is 0. The van der Waals surface area contributed by atoms with Crippen molar-refractivity contribution in [1.29, 1.82) is 0 Å². The van der Waals surface area contributed by atoms with Gasteiger partial charge >= 0.3 is 0 Å². The molecule has 0 aromatic heterocycles. The van der Waals surface area contributed by atoms with Crippen molar-refractivity contribution in [3.63, 3.8) is 0 Å². The van der Waals surface area contributed by atoms with Crippen LogP contribution >= 0.6 is 0 Å². The molecule has 1 heterocycles. The third-order valence-electron chi connectivity index (χ3n) is 6.02. The van der Waals surface area contributed by atoms with Gasteiger partial charge in [0.1, 0.15) is 0 Å². The summed E-state index contributed by atoms with van der Waals surface area (Å²) in [6.45, 7) is 5.57. The number of anilines is 3. The van der Waals surface area contributed by atoms with Crippen LogP contribution in [0.3, 0.4) is 0 Å². The lowest BCUT2D eigenvalue weighted by Gasteiger charge is -2.19. The summed E-state index contributed by atoms with van der Waals surface area (Å²) < 4.78 is 27.8. The summed E-state index contributed by atoms with van der Waals surface area (Å²) in [6, 6.07) is 15.6. The van der Waals surface area contributed by atoms with E-state index in [0.717, 1.165) is 30.4 Å². The number of aryl methyl sites for hydroxylation is 2. The Hall–Kier alpha value is -3.92. The molecule has 3 aromatic carbocycles. The van der Waals surface area contributed by atoms with E-state index in [1.54, 1.807) is 0 Å². The molecule has 1 fully saturated rings. The first-order valence-electron chi connectivity index (χ1n) is 11.2. The lowest BCUT2D eigenvalue weighted by atomic mass is 10.1. The van der Waals surface area contributed by atoms with Crippen LogP contribution in [0, 0.1) is 24.0 Å². The highest BCUT2D eigenvalue weighted by Crippen LogP contribution is 2.27. The Kier molecular flexibility index (Phi) is 6.74. The number of amides is 1. The highest BCUT2D eigenvalue weighted by molar-refractivity contribution is 7.92. The molecule has 9 nitrogen and oxygen atoms in total. The van der Waals surface area contributed by atoms with Crippen molar-refractivity contribution in [3.8, 4) is 0 Å². The molecule has 1 aliphatic heterocycles. The Morgan fingerprint density at radius 1 is 0.943 bits per heavy atom. The molecule has 10 heteroatoms. The molecule has 4 rings (SSSR count). The second kappa shape index (κ2) is 9.75. The van der Waals surface area contributed by atoms with E-state index in [9.17, 15) is 23.3 Å². The lowest BCUT2D eigenvalue weighted by molar-refractivity contribution is -0.385. The molecular weight excluding hydrogens is 468 g/mol. The largest absolute Gasteiger partial charge is 0.372 e. The molecule has 1 saturated heterocycles. The third-order valence-corrected chi connectivity index (χ3v) is 7.40. The number of nitrogens with one attached hydrogen (secondary N) is 2. The van der Waals surface area contributed by atoms with Gasteiger partial charge in [-0.2, -0.15) is 0 Å². The molecule has 1 amide bonds. The van der Waals surface area contributed by atoms with Gasteiger partial charge < -0.3 is 10.2 Å². The van der Waals surface area contributed by atoms with Gasteiger partial charge in [0, 0.05) is 47.3 Å². The first kappa shape index (κ1) is 24.2. The summed E-state index contributed by atoms with van der Waals surface area (Å²) in [5.41, 5.74) is 3.50. The van der Waals surface area contributed by atoms with E-state index in [2.05, 4.69) is 21.0 Å². The van der Waals surface area contributed by atoms with Gasteiger partial charge in [-0.15, -0.1) is 0 Å². The molecule has 2 N–H and O–H groups in total. The fraction of sp³-hybridized carbons (Fsp3) is 0.240. The second-order valence-electron chi connectivity index (χ2n) is 8.54. The van der Waals surface area contributed by atoms with Crippen molar-refractivity contribution in [2.45, 2.75) is 31.6 Å². The van der Waals surface area contributed by atoms with Gasteiger partial charge in [-0.05, 0) is 80.8 Å². The zero-order valence-electron chi connectivity index (χ0n) is 19.4. The number of nitrogens with zero attached hydrogens (tertiary/aromatic N) is 2. The van der Waals surface area contributed by atoms with E-state index in [0.29, 0.717) is 16.8 Å². The summed E-state index contributed by atoms with van der Waals surface area (Å²) in [7, 11) is -4.04. The SMILES string of the molecule is Cc1cc(N2CCCC2)ccc1NC(=O)c1ccc(NS(=O)(=O)c2ccc(C)c([N+](=O)[O-])c2)cc1. The van der Waals surface area contributed by atoms with Crippen LogP contribution in [0.2, 0.25) is 0 Å². The first-order chi connectivity index (χ1) is 16.6. The normalized spacial score (nSPS) is 13.5. The van der Waals surface area contributed by atoms with Crippen LogP contribution in [-0.4, -0.2) is 32.3 Å². The van der Waals surface area contributed by atoms with E-state index < -0.39 is 14.9 Å². The minimum atomic E-state index is -4.04. The molecular formula is C25H26N4O5S. The number of nitro groups is 1. The van der Waals surface area contributed by atoms with Gasteiger partial charge in [-0.25, -0.2) is 8.42 Å². The molecule has 1 aliphatic rings. The molecule has 0 unspecified atom stereocenters. The Labute approximate surface area is 204 Å². The maximum atomic E-state index is 12.7. The molecule has 0 saturated carbocycles. The van der Waals surface area contributed by atoms with Gasteiger partial charge in [0.25, 0.3) is 21.6 Å². The Balaban J connectivity index is 1.44. The smallest absolute Gasteiger partial charge is 0.273 e. The molecule has 182 valence electrons. The fourth-order valence-corrected chi connectivity index (χ4v) is 5.09. The van der Waals surface area contributed by atoms with Crippen LogP contribution in [0.1, 0.15) is 34.3 Å². The molecule has 0 aliphatic carbocycles. The van der Waals surface area contributed by atoms with Crippen LogP contribution in [-0.2, 0) is 10.0 Å². The number of carbonyl (C=O) groups excluding carboxylic acids is 1. The highest BCUT2D eigenvalue weighted by Gasteiger charge is 2.20. The molecule has 0 spiro atoms. The maximum absolute atomic E-state index is 12.7. The van der Waals surface area contributed by atoms with E-state index >= 15 is 0 Å². The van der Waals surface area contributed by atoms with Crippen molar-refractivity contribution in [2.75, 3.05) is 28.0 Å². The van der Waals surface area contributed by atoms with Gasteiger partial charge in [0.2, 0.25) is 0 Å². The van der Waals surface area contributed by atoms with Crippen LogP contribution < -0.4 is 14.9 Å². The van der Waals surface area contributed by atoms with Crippen LogP contribution in [0.4, 0.5) is 22.7 Å². The number of hydrogen-bond donors (Lipinski definition) is 2. The quantitative estimate of drug-likeness (QED) is 0.357. The maximum Gasteiger partial charge on any atom is 0.273 e. The topological polar surface area (TPSA) is 122 Å². The number of sulfonamides is 1. The number of nitro benzene ring substituents is 1. The molecule has 0 radical (unpaired) electrons. The van der Waals surface area contributed by atoms with Crippen molar-refractivity contribution < 1.29 is 18.1 Å². The number of hydrogen-bond acceptors (Lipinski definition) is 6. The highest BCUT2D eigenvalue weighted by atomic mass is 32.2. The number of carbonyl (C=O) groups is 1.